The first-order valence-corrected chi connectivity index (χ1v) is 20.2. The maximum Gasteiger partial charge on any atom is 0.408 e. The van der Waals surface area contributed by atoms with Crippen LogP contribution in [0.25, 0.3) is 6.08 Å². The Hall–Kier alpha value is -8.02. The summed E-state index contributed by atoms with van der Waals surface area (Å²) in [6.45, 7) is -0.110. The molecule has 0 spiro atoms. The molecular weight excluding hydrogens is 845 g/mol. The van der Waals surface area contributed by atoms with E-state index in [2.05, 4.69) is 10.6 Å². The van der Waals surface area contributed by atoms with Crippen LogP contribution in [-0.2, 0) is 57.9 Å². The lowest BCUT2D eigenvalue weighted by Gasteiger charge is -2.18. The molecule has 0 saturated heterocycles. The van der Waals surface area contributed by atoms with Crippen molar-refractivity contribution in [3.63, 3.8) is 0 Å². The van der Waals surface area contributed by atoms with E-state index in [0.717, 1.165) is 11.1 Å². The van der Waals surface area contributed by atoms with E-state index in [9.17, 15) is 38.4 Å². The quantitative estimate of drug-likeness (QED) is 0.0301. The molecule has 0 aromatic heterocycles. The molecule has 2 atom stereocenters. The number of carbonyl (C=O) groups excluding carboxylic acids is 8. The van der Waals surface area contributed by atoms with Crippen LogP contribution in [0.15, 0.2) is 103 Å². The number of hydrogen-bond donors (Lipinski definition) is 4. The molecule has 0 aliphatic rings. The van der Waals surface area contributed by atoms with Crippen molar-refractivity contribution in [2.75, 3.05) is 14.2 Å². The fraction of sp³-hybridized carbons (Fsp3) is 0.277. The fourth-order valence-electron chi connectivity index (χ4n) is 5.88. The van der Waals surface area contributed by atoms with E-state index in [-0.39, 0.29) is 80.5 Å². The molecule has 18 heteroatoms. The number of primary amides is 2. The van der Waals surface area contributed by atoms with Gasteiger partial charge < -0.3 is 50.5 Å². The van der Waals surface area contributed by atoms with Gasteiger partial charge in [0.15, 0.2) is 28.8 Å². The molecular formula is C47H50N4O14. The van der Waals surface area contributed by atoms with Crippen LogP contribution in [0, 0.1) is 0 Å². The average Bonchev–Trinajstić information content (AvgIpc) is 3.30. The Morgan fingerprint density at radius 1 is 0.569 bits per heavy atom. The molecule has 6 N–H and O–H groups in total. The van der Waals surface area contributed by atoms with Crippen molar-refractivity contribution < 1.29 is 66.8 Å². The molecule has 4 rings (SSSR count). The molecule has 0 unspecified atom stereocenters. The summed E-state index contributed by atoms with van der Waals surface area (Å²) in [5, 5.41) is 4.82. The van der Waals surface area contributed by atoms with Crippen LogP contribution < -0.4 is 41.0 Å². The van der Waals surface area contributed by atoms with E-state index >= 15 is 0 Å². The number of Topliss-reactive ketones (excluding diaryl/α,β-unsaturated/α-hetero) is 1. The number of methoxy groups -OCH3 is 2. The van der Waals surface area contributed by atoms with Crippen LogP contribution in [0.1, 0.15) is 60.8 Å². The number of nitrogens with two attached hydrogens (primary N) is 2. The fourth-order valence-corrected chi connectivity index (χ4v) is 5.88. The van der Waals surface area contributed by atoms with E-state index in [1.54, 1.807) is 60.7 Å². The van der Waals surface area contributed by atoms with Gasteiger partial charge in [0, 0.05) is 19.3 Å². The Morgan fingerprint density at radius 3 is 1.52 bits per heavy atom. The molecule has 0 radical (unpaired) electrons. The van der Waals surface area contributed by atoms with Gasteiger partial charge in [0.05, 0.1) is 20.6 Å². The van der Waals surface area contributed by atoms with Crippen molar-refractivity contribution in [1.29, 1.82) is 0 Å². The minimum absolute atomic E-state index is 0.000000670. The third kappa shape index (κ3) is 17.7. The molecule has 0 aliphatic carbocycles. The molecule has 0 fully saturated rings. The van der Waals surface area contributed by atoms with Crippen molar-refractivity contribution in [2.45, 2.75) is 70.2 Å². The molecule has 4 aromatic rings. The number of ketones is 2. The second-order valence-corrected chi connectivity index (χ2v) is 14.3. The van der Waals surface area contributed by atoms with Gasteiger partial charge in [-0.05, 0) is 71.9 Å². The monoisotopic (exact) mass is 894 g/mol. The maximum atomic E-state index is 13.1. The standard InChI is InChI=1S/C47H50N4O14/c1-60-40-25-30(15-21-38(40)64-44(56)36(19-23-42(48)54)50-46(58)62-28-32-9-5-3-6-10-32)13-17-34(52)27-35(53)18-14-31-16-22-39(41(26-31)61-2)65-45(57)37(20-24-43(49)55)51-47(59)63-29-33-11-7-4-8-12-33/h3-13,15-17,21-22,25-26,36-37H,14,18-20,23-24,27-29H2,1-2H3,(H2,48,54)(H2,49,55)(H,50,58)(H,51,59)/b17-13+/t36-,37-/m0/s1. The third-order valence-electron chi connectivity index (χ3n) is 9.30. The van der Waals surface area contributed by atoms with Gasteiger partial charge in [-0.3, -0.25) is 19.2 Å². The van der Waals surface area contributed by atoms with Crippen LogP contribution in [0.5, 0.6) is 23.0 Å². The van der Waals surface area contributed by atoms with Gasteiger partial charge in [0.25, 0.3) is 0 Å². The number of benzene rings is 4. The molecule has 0 saturated carbocycles. The first-order chi connectivity index (χ1) is 31.2. The molecule has 4 amide bonds. The SMILES string of the molecule is COc1cc(/C=C/C(=O)CC(=O)CCc2ccc(OC(=O)[C@H](CCC(N)=O)NC(=O)OCc3ccccc3)c(OC)c2)ccc1OC(=O)[C@H](CCC(N)=O)NC(=O)OCc1ccccc1. The Labute approximate surface area is 374 Å². The van der Waals surface area contributed by atoms with Crippen molar-refractivity contribution in [2.24, 2.45) is 11.5 Å². The highest BCUT2D eigenvalue weighted by atomic mass is 16.6. The summed E-state index contributed by atoms with van der Waals surface area (Å²) in [5.74, 6) is -3.75. The largest absolute Gasteiger partial charge is 0.493 e. The van der Waals surface area contributed by atoms with Crippen LogP contribution in [0.3, 0.4) is 0 Å². The highest BCUT2D eigenvalue weighted by Gasteiger charge is 2.27. The lowest BCUT2D eigenvalue weighted by Crippen LogP contribution is -2.43. The van der Waals surface area contributed by atoms with Crippen molar-refractivity contribution in [1.82, 2.24) is 10.6 Å². The van der Waals surface area contributed by atoms with Crippen LogP contribution in [0.4, 0.5) is 9.59 Å². The highest BCUT2D eigenvalue weighted by Crippen LogP contribution is 2.30. The third-order valence-corrected chi connectivity index (χ3v) is 9.30. The van der Waals surface area contributed by atoms with E-state index < -0.39 is 60.2 Å². The summed E-state index contributed by atoms with van der Waals surface area (Å²) < 4.78 is 32.2. The normalized spacial score (nSPS) is 11.6. The number of rotatable bonds is 25. The summed E-state index contributed by atoms with van der Waals surface area (Å²) in [5.41, 5.74) is 13.1. The van der Waals surface area contributed by atoms with Crippen LogP contribution in [0.2, 0.25) is 0 Å². The second kappa shape index (κ2) is 25.8. The summed E-state index contributed by atoms with van der Waals surface area (Å²) in [6, 6.07) is 24.2. The van der Waals surface area contributed by atoms with E-state index in [1.165, 1.54) is 50.6 Å². The van der Waals surface area contributed by atoms with Crippen LogP contribution in [-0.4, -0.2) is 73.8 Å². The topological polar surface area (TPSA) is 268 Å². The Balaban J connectivity index is 1.28. The number of amides is 4. The number of aryl methyl sites for hydroxylation is 1. The number of carbonyl (C=O) groups is 8. The summed E-state index contributed by atoms with van der Waals surface area (Å²) >= 11 is 0. The summed E-state index contributed by atoms with van der Waals surface area (Å²) in [7, 11) is 2.68. The maximum absolute atomic E-state index is 13.1. The first kappa shape index (κ1) is 49.6. The number of nitrogens with one attached hydrogen (secondary N) is 2. The smallest absolute Gasteiger partial charge is 0.408 e. The van der Waals surface area contributed by atoms with Crippen LogP contribution >= 0.6 is 0 Å². The summed E-state index contributed by atoms with van der Waals surface area (Å²) in [6.07, 6.45) is -0.0574. The van der Waals surface area contributed by atoms with Gasteiger partial charge in [-0.2, -0.15) is 0 Å². The summed E-state index contributed by atoms with van der Waals surface area (Å²) in [4.78, 5) is 99.7. The van der Waals surface area contributed by atoms with E-state index in [0.29, 0.717) is 11.1 Å². The zero-order chi connectivity index (χ0) is 47.1. The minimum atomic E-state index is -1.29. The Bertz CT molecular complexity index is 2340. The molecule has 65 heavy (non-hydrogen) atoms. The number of esters is 2. The van der Waals surface area contributed by atoms with Gasteiger partial charge in [0.1, 0.15) is 31.1 Å². The molecule has 4 aromatic carbocycles. The number of hydrogen-bond acceptors (Lipinski definition) is 14. The Morgan fingerprint density at radius 2 is 1.05 bits per heavy atom. The number of allylic oxidation sites excluding steroid dienone is 1. The molecule has 0 aliphatic heterocycles. The minimum Gasteiger partial charge on any atom is -0.493 e. The first-order valence-electron chi connectivity index (χ1n) is 20.2. The molecule has 0 bridgehead atoms. The van der Waals surface area contributed by atoms with Crippen molar-refractivity contribution in [3.05, 3.63) is 125 Å². The lowest BCUT2D eigenvalue weighted by molar-refractivity contribution is -0.138. The zero-order valence-corrected chi connectivity index (χ0v) is 35.8. The van der Waals surface area contributed by atoms with E-state index in [4.69, 9.17) is 39.9 Å². The van der Waals surface area contributed by atoms with Crippen molar-refractivity contribution in [3.8, 4) is 23.0 Å². The Kier molecular flexibility index (Phi) is 19.7. The predicted octanol–water partition coefficient (Wildman–Crippen LogP) is 4.81. The molecule has 342 valence electrons. The molecule has 0 heterocycles. The second-order valence-electron chi connectivity index (χ2n) is 14.3. The van der Waals surface area contributed by atoms with Gasteiger partial charge in [0.2, 0.25) is 11.8 Å². The van der Waals surface area contributed by atoms with E-state index in [1.807, 2.05) is 12.1 Å². The van der Waals surface area contributed by atoms with Crippen molar-refractivity contribution >= 4 is 53.6 Å². The number of ether oxygens (including phenoxy) is 6. The van der Waals surface area contributed by atoms with Gasteiger partial charge >= 0.3 is 24.1 Å². The zero-order valence-electron chi connectivity index (χ0n) is 35.8. The average molecular weight is 895 g/mol. The number of alkyl carbamates (subject to hydrolysis) is 2. The molecule has 18 nitrogen and oxygen atoms in total. The van der Waals surface area contributed by atoms with Gasteiger partial charge in [-0.1, -0.05) is 78.9 Å². The highest BCUT2D eigenvalue weighted by molar-refractivity contribution is 6.06. The lowest BCUT2D eigenvalue weighted by atomic mass is 10.0. The van der Waals surface area contributed by atoms with Gasteiger partial charge in [-0.25, -0.2) is 19.2 Å². The van der Waals surface area contributed by atoms with Gasteiger partial charge in [-0.15, -0.1) is 0 Å². The predicted molar refractivity (Wildman–Crippen MR) is 233 cm³/mol.